The van der Waals surface area contributed by atoms with Crippen LogP contribution >= 0.6 is 0 Å². The number of rotatable bonds is 6. The van der Waals surface area contributed by atoms with Crippen LogP contribution in [-0.4, -0.2) is 57.5 Å². The first-order valence-electron chi connectivity index (χ1n) is 10.6. The average Bonchev–Trinajstić information content (AvgIpc) is 3.45. The summed E-state index contributed by atoms with van der Waals surface area (Å²) in [5, 5.41) is 15.6. The molecule has 0 saturated carbocycles. The fraction of sp³-hybridized carbons (Fsp3) is 0.391. The van der Waals surface area contributed by atoms with Gasteiger partial charge in [0, 0.05) is 50.0 Å². The summed E-state index contributed by atoms with van der Waals surface area (Å²) < 4.78 is 42.8. The minimum atomic E-state index is -1.60. The van der Waals surface area contributed by atoms with E-state index in [0.717, 1.165) is 44.0 Å². The van der Waals surface area contributed by atoms with E-state index in [9.17, 15) is 18.3 Å². The zero-order chi connectivity index (χ0) is 22.3. The van der Waals surface area contributed by atoms with Gasteiger partial charge in [0.05, 0.1) is 6.54 Å². The summed E-state index contributed by atoms with van der Waals surface area (Å²) in [4.78, 5) is 8.30. The topological polar surface area (TPSA) is 57.4 Å². The highest BCUT2D eigenvalue weighted by molar-refractivity contribution is 5.47. The molecule has 2 fully saturated rings. The number of nitrogens with zero attached hydrogens (tertiary/aromatic N) is 5. The largest absolute Gasteiger partial charge is 0.382 e. The molecule has 3 atom stereocenters. The summed E-state index contributed by atoms with van der Waals surface area (Å²) in [5.74, 6) is -0.929. The number of fused-ring (bicyclic) bond motifs is 1. The number of aliphatic hydroxyl groups is 1. The first-order chi connectivity index (χ1) is 15.4. The first-order valence-corrected chi connectivity index (χ1v) is 10.6. The number of hydrogen-bond acceptors (Lipinski definition) is 5. The molecule has 2 aliphatic heterocycles. The molecule has 5 rings (SSSR count). The van der Waals surface area contributed by atoms with E-state index in [1.807, 2.05) is 0 Å². The van der Waals surface area contributed by atoms with Crippen LogP contribution in [0.4, 0.5) is 18.9 Å². The maximum absolute atomic E-state index is 14.6. The second kappa shape index (κ2) is 8.22. The lowest BCUT2D eigenvalue weighted by molar-refractivity contribution is -0.0178. The van der Waals surface area contributed by atoms with Gasteiger partial charge >= 0.3 is 0 Å². The van der Waals surface area contributed by atoms with Crippen molar-refractivity contribution in [2.24, 2.45) is 11.8 Å². The minimum absolute atomic E-state index is 0.00307. The lowest BCUT2D eigenvalue weighted by atomic mass is 9.92. The van der Waals surface area contributed by atoms with Gasteiger partial charge in [-0.2, -0.15) is 5.10 Å². The summed E-state index contributed by atoms with van der Waals surface area (Å²) in [6, 6.07) is 9.78. The van der Waals surface area contributed by atoms with Crippen LogP contribution < -0.4 is 4.90 Å². The smallest absolute Gasteiger partial charge is 0.137 e. The van der Waals surface area contributed by atoms with Crippen LogP contribution in [0.1, 0.15) is 5.56 Å². The first kappa shape index (κ1) is 21.0. The molecule has 32 heavy (non-hydrogen) atoms. The zero-order valence-corrected chi connectivity index (χ0v) is 17.4. The highest BCUT2D eigenvalue weighted by Crippen LogP contribution is 2.36. The molecule has 6 nitrogen and oxygen atoms in total. The van der Waals surface area contributed by atoms with Crippen molar-refractivity contribution >= 4 is 5.69 Å². The molecule has 0 radical (unpaired) electrons. The summed E-state index contributed by atoms with van der Waals surface area (Å²) in [6.07, 6.45) is 2.82. The molecule has 2 aromatic carbocycles. The van der Waals surface area contributed by atoms with Gasteiger partial charge in [0.25, 0.3) is 0 Å². The van der Waals surface area contributed by atoms with Gasteiger partial charge in [0.15, 0.2) is 0 Å². The Balaban J connectivity index is 1.31. The predicted molar refractivity (Wildman–Crippen MR) is 112 cm³/mol. The predicted octanol–water partition coefficient (Wildman–Crippen LogP) is 2.65. The molecule has 1 aromatic heterocycles. The molecule has 2 aliphatic rings. The van der Waals surface area contributed by atoms with E-state index in [0.29, 0.717) is 11.8 Å². The molecule has 3 heterocycles. The molecule has 3 unspecified atom stereocenters. The maximum Gasteiger partial charge on any atom is 0.137 e. The zero-order valence-electron chi connectivity index (χ0n) is 17.4. The van der Waals surface area contributed by atoms with Crippen molar-refractivity contribution in [2.45, 2.75) is 12.1 Å². The van der Waals surface area contributed by atoms with Gasteiger partial charge in [-0.05, 0) is 42.2 Å². The second-order valence-electron chi connectivity index (χ2n) is 8.84. The van der Waals surface area contributed by atoms with Crippen LogP contribution in [0.25, 0.3) is 0 Å². The quantitative estimate of drug-likeness (QED) is 0.635. The van der Waals surface area contributed by atoms with Gasteiger partial charge in [0.1, 0.15) is 35.7 Å². The molecule has 2 saturated heterocycles. The minimum Gasteiger partial charge on any atom is -0.382 e. The van der Waals surface area contributed by atoms with E-state index >= 15 is 0 Å². The molecule has 0 spiro atoms. The Kier molecular flexibility index (Phi) is 5.38. The second-order valence-corrected chi connectivity index (χ2v) is 8.84. The number of β-amino-alcohol motifs (C(OH)–C–C–N with tert-alkyl or cyclic N) is 1. The van der Waals surface area contributed by atoms with Crippen LogP contribution in [0.3, 0.4) is 0 Å². The van der Waals surface area contributed by atoms with Crippen molar-refractivity contribution in [1.29, 1.82) is 0 Å². The van der Waals surface area contributed by atoms with Gasteiger partial charge in [-0.25, -0.2) is 22.8 Å². The molecule has 3 aromatic rings. The molecule has 168 valence electrons. The highest BCUT2D eigenvalue weighted by Gasteiger charge is 2.44. The third-order valence-electron chi connectivity index (χ3n) is 6.56. The van der Waals surface area contributed by atoms with E-state index in [1.165, 1.54) is 35.5 Å². The van der Waals surface area contributed by atoms with Gasteiger partial charge in [-0.3, -0.25) is 4.90 Å². The summed E-state index contributed by atoms with van der Waals surface area (Å²) in [6.45, 7) is 3.40. The maximum atomic E-state index is 14.6. The van der Waals surface area contributed by atoms with Crippen LogP contribution in [-0.2, 0) is 12.1 Å². The number of benzene rings is 2. The molecule has 0 aliphatic carbocycles. The van der Waals surface area contributed by atoms with Crippen LogP contribution in [0.5, 0.6) is 0 Å². The third kappa shape index (κ3) is 4.10. The Bertz CT molecular complexity index is 1060. The van der Waals surface area contributed by atoms with Crippen molar-refractivity contribution in [3.05, 3.63) is 78.1 Å². The standard InChI is InChI=1S/C23H24F3N5O/c24-18-1-4-20(5-2-18)30-10-16-8-29(9-17(16)11-30)12-23(32,13-31-15-27-14-28-31)21-6-3-19(25)7-22(21)26/h1-7,14-17,32H,8-13H2. The Morgan fingerprint density at radius 1 is 0.906 bits per heavy atom. The molecule has 0 amide bonds. The van der Waals surface area contributed by atoms with Crippen molar-refractivity contribution in [1.82, 2.24) is 19.7 Å². The Labute approximate surface area is 183 Å². The number of hydrogen-bond donors (Lipinski definition) is 1. The molecular weight excluding hydrogens is 419 g/mol. The van der Waals surface area contributed by atoms with Gasteiger partial charge in [-0.1, -0.05) is 6.07 Å². The van der Waals surface area contributed by atoms with E-state index in [1.54, 1.807) is 12.1 Å². The fourth-order valence-corrected chi connectivity index (χ4v) is 5.12. The van der Waals surface area contributed by atoms with Crippen molar-refractivity contribution < 1.29 is 18.3 Å². The van der Waals surface area contributed by atoms with Gasteiger partial charge in [-0.15, -0.1) is 0 Å². The SMILES string of the molecule is OC(CN1CC2CN(c3ccc(F)cc3)CC2C1)(Cn1cncn1)c1ccc(F)cc1F. The van der Waals surface area contributed by atoms with Crippen molar-refractivity contribution in [2.75, 3.05) is 37.6 Å². The van der Waals surface area contributed by atoms with Crippen molar-refractivity contribution in [3.63, 3.8) is 0 Å². The normalized spacial score (nSPS) is 22.8. The van der Waals surface area contributed by atoms with Crippen LogP contribution in [0, 0.1) is 29.3 Å². The molecule has 9 heteroatoms. The lowest BCUT2D eigenvalue weighted by Crippen LogP contribution is -2.45. The Hall–Kier alpha value is -2.91. The number of anilines is 1. The number of aromatic nitrogens is 3. The van der Waals surface area contributed by atoms with E-state index in [-0.39, 0.29) is 24.5 Å². The van der Waals surface area contributed by atoms with E-state index in [2.05, 4.69) is 19.9 Å². The molecular formula is C23H24F3N5O. The van der Waals surface area contributed by atoms with Gasteiger partial charge in [0.2, 0.25) is 0 Å². The summed E-state index contributed by atoms with van der Waals surface area (Å²) >= 11 is 0. The Morgan fingerprint density at radius 3 is 2.22 bits per heavy atom. The Morgan fingerprint density at radius 2 is 1.59 bits per heavy atom. The van der Waals surface area contributed by atoms with Crippen LogP contribution in [0.2, 0.25) is 0 Å². The third-order valence-corrected chi connectivity index (χ3v) is 6.56. The fourth-order valence-electron chi connectivity index (χ4n) is 5.12. The number of likely N-dealkylation sites (tertiary alicyclic amines) is 1. The van der Waals surface area contributed by atoms with Crippen LogP contribution in [0.15, 0.2) is 55.1 Å². The highest BCUT2D eigenvalue weighted by atomic mass is 19.1. The molecule has 0 bridgehead atoms. The summed E-state index contributed by atoms with van der Waals surface area (Å²) in [7, 11) is 0. The summed E-state index contributed by atoms with van der Waals surface area (Å²) in [5.41, 5.74) is -0.552. The monoisotopic (exact) mass is 443 g/mol. The van der Waals surface area contributed by atoms with Crippen molar-refractivity contribution in [3.8, 4) is 0 Å². The number of halogens is 3. The average molecular weight is 443 g/mol. The lowest BCUT2D eigenvalue weighted by Gasteiger charge is -2.34. The van der Waals surface area contributed by atoms with Gasteiger partial charge < -0.3 is 10.0 Å². The van der Waals surface area contributed by atoms with E-state index in [4.69, 9.17) is 0 Å². The van der Waals surface area contributed by atoms with E-state index < -0.39 is 17.2 Å². The molecule has 1 N–H and O–H groups in total.